The highest BCUT2D eigenvalue weighted by molar-refractivity contribution is 6.74. The third kappa shape index (κ3) is 5.04. The van der Waals surface area contributed by atoms with Gasteiger partial charge < -0.3 is 18.3 Å². The van der Waals surface area contributed by atoms with Gasteiger partial charge in [0.2, 0.25) is 8.32 Å². The molecule has 5 heteroatoms. The Kier molecular flexibility index (Phi) is 6.79. The summed E-state index contributed by atoms with van der Waals surface area (Å²) in [7, 11) is 1.46. The second-order valence-corrected chi connectivity index (χ2v) is 14.7. The lowest BCUT2D eigenvalue weighted by Gasteiger charge is -2.36. The van der Waals surface area contributed by atoms with E-state index < -0.39 is 8.32 Å². The fourth-order valence-electron chi connectivity index (χ4n) is 3.30. The minimum absolute atomic E-state index is 0.136. The van der Waals surface area contributed by atoms with Gasteiger partial charge in [0, 0.05) is 22.6 Å². The van der Waals surface area contributed by atoms with Crippen LogP contribution in [0, 0.1) is 0 Å². The zero-order valence-corrected chi connectivity index (χ0v) is 21.9. The van der Waals surface area contributed by atoms with Gasteiger partial charge in [-0.3, -0.25) is 0 Å². The molecule has 1 heterocycles. The summed E-state index contributed by atoms with van der Waals surface area (Å²) in [6, 6.07) is 12.2. The summed E-state index contributed by atoms with van der Waals surface area (Å²) in [4.78, 5) is 0. The summed E-state index contributed by atoms with van der Waals surface area (Å²) in [5.74, 6) is 3.21. The Labute approximate surface area is 193 Å². The smallest absolute Gasteiger partial charge is 0.250 e. The molecule has 0 bridgehead atoms. The van der Waals surface area contributed by atoms with Crippen LogP contribution in [0.5, 0.6) is 17.2 Å². The Morgan fingerprint density at radius 3 is 2.12 bits per heavy atom. The Morgan fingerprint density at radius 2 is 1.59 bits per heavy atom. The van der Waals surface area contributed by atoms with E-state index in [1.54, 1.807) is 14.2 Å². The van der Waals surface area contributed by atoms with Gasteiger partial charge in [-0.2, -0.15) is 0 Å². The van der Waals surface area contributed by atoms with Crippen LogP contribution < -0.4 is 13.9 Å². The molecule has 0 aliphatic heterocycles. The molecule has 0 radical (unpaired) electrons. The van der Waals surface area contributed by atoms with Crippen molar-refractivity contribution in [3.8, 4) is 28.6 Å². The first-order valence-corrected chi connectivity index (χ1v) is 14.0. The molecule has 0 amide bonds. The van der Waals surface area contributed by atoms with E-state index in [2.05, 4.69) is 65.9 Å². The summed E-state index contributed by atoms with van der Waals surface area (Å²) in [6.45, 7) is 15.4. The molecule has 0 saturated carbocycles. The lowest BCUT2D eigenvalue weighted by atomic mass is 10.0. The molecule has 0 N–H and O–H groups in total. The quantitative estimate of drug-likeness (QED) is 0.269. The molecule has 4 nitrogen and oxygen atoms in total. The number of methoxy groups -OCH3 is 2. The average Bonchev–Trinajstić information content (AvgIpc) is 3.13. The average molecular weight is 453 g/mol. The highest BCUT2D eigenvalue weighted by atomic mass is 28.4. The molecule has 0 saturated heterocycles. The van der Waals surface area contributed by atoms with Gasteiger partial charge in [-0.1, -0.05) is 32.4 Å². The fourth-order valence-corrected chi connectivity index (χ4v) is 4.32. The summed E-state index contributed by atoms with van der Waals surface area (Å²) < 4.78 is 24.1. The molecule has 0 aliphatic rings. The number of furan rings is 1. The molecule has 3 aromatic rings. The molecule has 0 aliphatic carbocycles. The van der Waals surface area contributed by atoms with Crippen molar-refractivity contribution in [2.24, 2.45) is 0 Å². The molecule has 2 aromatic carbocycles. The van der Waals surface area contributed by atoms with E-state index in [1.165, 1.54) is 5.57 Å². The molecule has 1 aromatic heterocycles. The van der Waals surface area contributed by atoms with Crippen molar-refractivity contribution in [3.05, 3.63) is 53.6 Å². The summed E-state index contributed by atoms with van der Waals surface area (Å²) in [5.41, 5.74) is 4.01. The van der Waals surface area contributed by atoms with Gasteiger partial charge in [-0.05, 0) is 68.7 Å². The Hall–Kier alpha value is -2.66. The first-order valence-electron chi connectivity index (χ1n) is 11.1. The second kappa shape index (κ2) is 9.06. The van der Waals surface area contributed by atoms with Crippen molar-refractivity contribution in [1.29, 1.82) is 0 Å². The van der Waals surface area contributed by atoms with E-state index in [4.69, 9.17) is 18.3 Å². The fraction of sp³-hybridized carbons (Fsp3) is 0.407. The van der Waals surface area contributed by atoms with Crippen LogP contribution in [0.2, 0.25) is 18.1 Å². The predicted molar refractivity (Wildman–Crippen MR) is 136 cm³/mol. The Bertz CT molecular complexity index is 1100. The van der Waals surface area contributed by atoms with Crippen molar-refractivity contribution in [2.45, 2.75) is 59.2 Å². The number of benzene rings is 2. The monoisotopic (exact) mass is 452 g/mol. The van der Waals surface area contributed by atoms with Gasteiger partial charge >= 0.3 is 0 Å². The number of hydrogen-bond acceptors (Lipinski definition) is 4. The van der Waals surface area contributed by atoms with E-state index in [-0.39, 0.29) is 5.04 Å². The maximum Gasteiger partial charge on any atom is 0.250 e. The van der Waals surface area contributed by atoms with Gasteiger partial charge in [0.1, 0.15) is 28.6 Å². The van der Waals surface area contributed by atoms with Crippen molar-refractivity contribution in [3.63, 3.8) is 0 Å². The van der Waals surface area contributed by atoms with Crippen LogP contribution in [0.15, 0.2) is 52.5 Å². The van der Waals surface area contributed by atoms with Gasteiger partial charge in [0.05, 0.1) is 14.2 Å². The van der Waals surface area contributed by atoms with E-state index >= 15 is 0 Å². The van der Waals surface area contributed by atoms with Crippen LogP contribution in [0.25, 0.3) is 22.3 Å². The largest absolute Gasteiger partial charge is 0.543 e. The zero-order chi connectivity index (χ0) is 23.7. The second-order valence-electron chi connectivity index (χ2n) is 10.0. The molecule has 0 atom stereocenters. The molecule has 0 fully saturated rings. The lowest BCUT2D eigenvalue weighted by molar-refractivity contribution is 0.387. The van der Waals surface area contributed by atoms with Crippen molar-refractivity contribution in [1.82, 2.24) is 0 Å². The first kappa shape index (κ1) is 24.0. The number of allylic oxidation sites excluding steroid dienone is 2. The third-order valence-corrected chi connectivity index (χ3v) is 10.6. The molecule has 32 heavy (non-hydrogen) atoms. The van der Waals surface area contributed by atoms with Gasteiger partial charge in [0.25, 0.3) is 0 Å². The van der Waals surface area contributed by atoms with Crippen LogP contribution >= 0.6 is 0 Å². The van der Waals surface area contributed by atoms with Crippen LogP contribution in [-0.4, -0.2) is 22.5 Å². The predicted octanol–water partition coefficient (Wildman–Crippen LogP) is 8.01. The summed E-state index contributed by atoms with van der Waals surface area (Å²) >= 11 is 0. The number of hydrogen-bond donors (Lipinski definition) is 0. The van der Waals surface area contributed by atoms with Crippen LogP contribution in [0.3, 0.4) is 0 Å². The molecule has 3 rings (SSSR count). The van der Waals surface area contributed by atoms with Gasteiger partial charge in [-0.25, -0.2) is 0 Å². The van der Waals surface area contributed by atoms with E-state index in [0.717, 1.165) is 51.5 Å². The number of fused-ring (bicyclic) bond motifs is 1. The van der Waals surface area contributed by atoms with Gasteiger partial charge in [-0.15, -0.1) is 0 Å². The number of ether oxygens (including phenoxy) is 2. The number of rotatable bonds is 7. The zero-order valence-electron chi connectivity index (χ0n) is 20.9. The lowest BCUT2D eigenvalue weighted by Crippen LogP contribution is -2.43. The van der Waals surface area contributed by atoms with Crippen molar-refractivity contribution in [2.75, 3.05) is 14.2 Å². The molecular weight excluding hydrogens is 416 g/mol. The molecule has 172 valence electrons. The minimum atomic E-state index is -1.92. The minimum Gasteiger partial charge on any atom is -0.543 e. The molecule has 0 spiro atoms. The molecule has 0 unspecified atom stereocenters. The highest BCUT2D eigenvalue weighted by Gasteiger charge is 2.39. The Morgan fingerprint density at radius 1 is 0.969 bits per heavy atom. The standard InChI is InChI=1S/C27H36O4Si/c1-18(2)10-13-22-25(28-6)15-20(16-26(22)29-7)23-14-19-11-12-21(17-24(19)30-23)31-32(8,9)27(3,4)5/h10-12,14-17H,13H2,1-9H3. The van der Waals surface area contributed by atoms with Crippen LogP contribution in [0.1, 0.15) is 40.2 Å². The Balaban J connectivity index is 2.00. The van der Waals surface area contributed by atoms with E-state index in [1.807, 2.05) is 24.3 Å². The third-order valence-electron chi connectivity index (χ3n) is 6.28. The normalized spacial score (nSPS) is 12.0. The summed E-state index contributed by atoms with van der Waals surface area (Å²) in [5, 5.41) is 1.17. The SMILES string of the molecule is COc1cc(-c2cc3ccc(O[Si](C)(C)C(C)(C)C)cc3o2)cc(OC)c1CC=C(C)C. The topological polar surface area (TPSA) is 40.8 Å². The maximum atomic E-state index is 6.46. The van der Waals surface area contributed by atoms with Crippen molar-refractivity contribution >= 4 is 19.3 Å². The van der Waals surface area contributed by atoms with Crippen LogP contribution in [0.4, 0.5) is 0 Å². The highest BCUT2D eigenvalue weighted by Crippen LogP contribution is 2.40. The van der Waals surface area contributed by atoms with Gasteiger partial charge in [0.15, 0.2) is 0 Å². The first-order chi connectivity index (χ1) is 14.9. The molecular formula is C27H36O4Si. The van der Waals surface area contributed by atoms with Crippen LogP contribution in [-0.2, 0) is 6.42 Å². The van der Waals surface area contributed by atoms with Crippen molar-refractivity contribution < 1.29 is 18.3 Å². The summed E-state index contributed by atoms with van der Waals surface area (Å²) in [6.07, 6.45) is 2.92. The van der Waals surface area contributed by atoms with E-state index in [9.17, 15) is 0 Å². The maximum absolute atomic E-state index is 6.46. The van der Waals surface area contributed by atoms with E-state index in [0.29, 0.717) is 0 Å².